The van der Waals surface area contributed by atoms with Crippen molar-refractivity contribution in [3.05, 3.63) is 118 Å². The largest absolute Gasteiger partial charge is 0.344 e. The lowest BCUT2D eigenvalue weighted by molar-refractivity contribution is -0.132. The van der Waals surface area contributed by atoms with E-state index in [1.54, 1.807) is 14.1 Å². The Balaban J connectivity index is 1.36. The molecule has 0 radical (unpaired) electrons. The zero-order chi connectivity index (χ0) is 31.9. The van der Waals surface area contributed by atoms with E-state index in [-0.39, 0.29) is 22.5 Å². The molecule has 1 aliphatic heterocycles. The Bertz CT molecular complexity index is 2360. The fourth-order valence-electron chi connectivity index (χ4n) is 7.43. The van der Waals surface area contributed by atoms with Gasteiger partial charge in [0.2, 0.25) is 0 Å². The minimum Gasteiger partial charge on any atom is -0.344 e. The number of carbonyl (C=O) groups excluding carboxylic acids is 2. The van der Waals surface area contributed by atoms with E-state index in [9.17, 15) is 9.59 Å². The maximum Gasteiger partial charge on any atom is 0.266 e. The number of benzene rings is 4. The van der Waals surface area contributed by atoms with Gasteiger partial charge >= 0.3 is 0 Å². The van der Waals surface area contributed by atoms with Crippen molar-refractivity contribution in [3.8, 4) is 0 Å². The Morgan fingerprint density at radius 2 is 0.978 bits per heavy atom. The van der Waals surface area contributed by atoms with E-state index in [1.165, 1.54) is 53.2 Å². The van der Waals surface area contributed by atoms with Crippen molar-refractivity contribution in [2.75, 3.05) is 14.1 Å². The maximum absolute atomic E-state index is 13.8. The van der Waals surface area contributed by atoms with E-state index in [4.69, 9.17) is 12.2 Å². The highest BCUT2D eigenvalue weighted by Gasteiger charge is 2.40. The SMILES string of the molecule is CN1C(=O)C(=C2/C(=C\C=c3\c4cccc5cccc(c54)n3C)CC/C2=C\C=c2c3cccc4cccc(c43)n2C)C(=O)N(C)C1=S. The third-order valence-electron chi connectivity index (χ3n) is 9.81. The van der Waals surface area contributed by atoms with Crippen molar-refractivity contribution in [2.24, 2.45) is 14.1 Å². The molecule has 2 fully saturated rings. The van der Waals surface area contributed by atoms with E-state index in [0.717, 1.165) is 21.8 Å². The molecule has 8 rings (SSSR count). The smallest absolute Gasteiger partial charge is 0.266 e. The standard InChI is InChI=1S/C39H32N4O2S/c1-40-29(27-13-5-9-23-11-7-15-31(40)34(23)27)21-19-25-17-18-26(33(25)36-37(44)42(3)39(46)43(4)38(36)45)20-22-30-28-14-6-10-24-12-8-16-32(35(24)28)41(30)2/h5-16,19-22H,17-18H2,1-4H3/b25-19-,26-20+,29-21-,30-22?. The van der Waals surface area contributed by atoms with Gasteiger partial charge in [0.1, 0.15) is 5.57 Å². The molecule has 0 spiro atoms. The summed E-state index contributed by atoms with van der Waals surface area (Å²) in [7, 11) is 7.44. The predicted octanol–water partition coefficient (Wildman–Crippen LogP) is 5.83. The second kappa shape index (κ2) is 10.4. The van der Waals surface area contributed by atoms with Crippen molar-refractivity contribution in [1.29, 1.82) is 0 Å². The van der Waals surface area contributed by atoms with Crippen molar-refractivity contribution in [1.82, 2.24) is 18.9 Å². The summed E-state index contributed by atoms with van der Waals surface area (Å²) >= 11 is 5.42. The van der Waals surface area contributed by atoms with Crippen molar-refractivity contribution in [3.63, 3.8) is 0 Å². The Morgan fingerprint density at radius 3 is 1.41 bits per heavy atom. The Kier molecular flexibility index (Phi) is 6.38. The van der Waals surface area contributed by atoms with Gasteiger partial charge < -0.3 is 9.13 Å². The van der Waals surface area contributed by atoms with Gasteiger partial charge in [-0.05, 0) is 76.8 Å². The van der Waals surface area contributed by atoms with Crippen molar-refractivity contribution < 1.29 is 9.59 Å². The molecular weight excluding hydrogens is 589 g/mol. The summed E-state index contributed by atoms with van der Waals surface area (Å²) in [6.45, 7) is 0. The lowest BCUT2D eigenvalue weighted by atomic mass is 9.95. The Hall–Kier alpha value is -5.27. The molecule has 0 N–H and O–H groups in total. The number of likely N-dealkylation sites (N-methyl/N-ethyl adjacent to an activating group) is 2. The van der Waals surface area contributed by atoms with E-state index in [2.05, 4.69) is 120 Å². The molecule has 6 nitrogen and oxygen atoms in total. The van der Waals surface area contributed by atoms with Gasteiger partial charge in [-0.2, -0.15) is 0 Å². The van der Waals surface area contributed by atoms with Gasteiger partial charge in [0.25, 0.3) is 11.8 Å². The number of allylic oxidation sites excluding steroid dienone is 5. The first-order valence-corrected chi connectivity index (χ1v) is 15.9. The molecule has 1 saturated carbocycles. The maximum atomic E-state index is 13.8. The van der Waals surface area contributed by atoms with Crippen LogP contribution in [0.5, 0.6) is 0 Å². The first-order chi connectivity index (χ1) is 22.3. The van der Waals surface area contributed by atoms with E-state index >= 15 is 0 Å². The van der Waals surface area contributed by atoms with Gasteiger partial charge in [0, 0.05) is 71.5 Å². The minimum atomic E-state index is -0.368. The quantitative estimate of drug-likeness (QED) is 0.139. The normalized spacial score (nSPS) is 19.0. The molecule has 0 atom stereocenters. The number of aryl methyl sites for hydroxylation is 2. The lowest BCUT2D eigenvalue weighted by Gasteiger charge is -2.33. The summed E-state index contributed by atoms with van der Waals surface area (Å²) in [6, 6.07) is 25.5. The number of hydrogen-bond donors (Lipinski definition) is 0. The summed E-state index contributed by atoms with van der Waals surface area (Å²) < 4.78 is 4.42. The molecular formula is C39H32N4O2S. The zero-order valence-corrected chi connectivity index (χ0v) is 27.0. The third kappa shape index (κ3) is 3.98. The van der Waals surface area contributed by atoms with Crippen LogP contribution >= 0.6 is 12.2 Å². The van der Waals surface area contributed by atoms with Gasteiger partial charge in [0.15, 0.2) is 5.11 Å². The highest BCUT2D eigenvalue weighted by Crippen LogP contribution is 2.40. The molecule has 0 bridgehead atoms. The van der Waals surface area contributed by atoms with E-state index in [0.29, 0.717) is 18.4 Å². The average Bonchev–Trinajstić information content (AvgIpc) is 3.69. The summed E-state index contributed by atoms with van der Waals surface area (Å²) in [5.74, 6) is -0.736. The summed E-state index contributed by atoms with van der Waals surface area (Å²) in [5.41, 5.74) is 5.14. The van der Waals surface area contributed by atoms with Gasteiger partial charge in [-0.15, -0.1) is 0 Å². The Labute approximate surface area is 271 Å². The summed E-state index contributed by atoms with van der Waals surface area (Å²) in [5, 5.41) is 9.60. The number of thiocarbonyl (C=S) groups is 1. The van der Waals surface area contributed by atoms with Crippen molar-refractivity contribution >= 4 is 84.6 Å². The Morgan fingerprint density at radius 1 is 0.565 bits per heavy atom. The number of carbonyl (C=O) groups is 2. The summed E-state index contributed by atoms with van der Waals surface area (Å²) in [6.07, 6.45) is 9.87. The summed E-state index contributed by atoms with van der Waals surface area (Å²) in [4.78, 5) is 30.3. The van der Waals surface area contributed by atoms with Gasteiger partial charge in [-0.1, -0.05) is 72.8 Å². The van der Waals surface area contributed by atoms with Crippen LogP contribution in [-0.2, 0) is 23.7 Å². The fraction of sp³-hybridized carbons (Fsp3) is 0.154. The lowest BCUT2D eigenvalue weighted by Crippen LogP contribution is -2.53. The highest BCUT2D eigenvalue weighted by molar-refractivity contribution is 7.80. The van der Waals surface area contributed by atoms with Crippen LogP contribution in [0.2, 0.25) is 0 Å². The molecule has 2 aromatic heterocycles. The topological polar surface area (TPSA) is 50.5 Å². The highest BCUT2D eigenvalue weighted by atomic mass is 32.1. The number of rotatable bonds is 2. The van der Waals surface area contributed by atoms with Crippen LogP contribution in [0.3, 0.4) is 0 Å². The molecule has 226 valence electrons. The van der Waals surface area contributed by atoms with Crippen LogP contribution in [0.25, 0.3) is 55.5 Å². The first-order valence-electron chi connectivity index (χ1n) is 15.4. The van der Waals surface area contributed by atoms with Crippen LogP contribution in [0.4, 0.5) is 0 Å². The monoisotopic (exact) mass is 620 g/mol. The fourth-order valence-corrected chi connectivity index (χ4v) is 7.60. The van der Waals surface area contributed by atoms with Crippen LogP contribution < -0.4 is 10.7 Å². The van der Waals surface area contributed by atoms with Crippen molar-refractivity contribution in [2.45, 2.75) is 12.8 Å². The molecule has 3 heterocycles. The second-order valence-corrected chi connectivity index (χ2v) is 12.6. The van der Waals surface area contributed by atoms with Gasteiger partial charge in [-0.3, -0.25) is 19.4 Å². The first kappa shape index (κ1) is 28.2. The number of aromatic nitrogens is 2. The predicted molar refractivity (Wildman–Crippen MR) is 191 cm³/mol. The molecule has 1 saturated heterocycles. The van der Waals surface area contributed by atoms with Gasteiger partial charge in [-0.25, -0.2) is 0 Å². The molecule has 4 aromatic carbocycles. The number of hydrogen-bond acceptors (Lipinski definition) is 3. The van der Waals surface area contributed by atoms with Crippen LogP contribution in [0, 0.1) is 0 Å². The molecule has 6 aromatic rings. The molecule has 1 aliphatic carbocycles. The minimum absolute atomic E-state index is 0.167. The number of nitrogens with zero attached hydrogens (tertiary/aromatic N) is 4. The molecule has 7 heteroatoms. The molecule has 2 aliphatic rings. The molecule has 0 unspecified atom stereocenters. The van der Waals surface area contributed by atoms with E-state index in [1.807, 2.05) is 0 Å². The van der Waals surface area contributed by atoms with Crippen LogP contribution in [0.15, 0.2) is 107 Å². The second-order valence-electron chi connectivity index (χ2n) is 12.2. The zero-order valence-electron chi connectivity index (χ0n) is 26.2. The molecule has 2 amide bonds. The number of amides is 2. The third-order valence-corrected chi connectivity index (χ3v) is 10.4. The van der Waals surface area contributed by atoms with E-state index < -0.39 is 0 Å². The van der Waals surface area contributed by atoms with Gasteiger partial charge in [0.05, 0.1) is 0 Å². The molecule has 46 heavy (non-hydrogen) atoms. The average molecular weight is 621 g/mol. The van der Waals surface area contributed by atoms with Crippen LogP contribution in [0.1, 0.15) is 12.8 Å². The van der Waals surface area contributed by atoms with Crippen LogP contribution in [-0.4, -0.2) is 50.0 Å².